The Bertz CT molecular complexity index is 723. The van der Waals surface area contributed by atoms with Crippen LogP contribution in [0.3, 0.4) is 0 Å². The molecule has 1 saturated heterocycles. The van der Waals surface area contributed by atoms with Gasteiger partial charge in [0.05, 0.1) is 21.7 Å². The maximum atomic E-state index is 12.8. The zero-order valence-corrected chi connectivity index (χ0v) is 12.4. The number of hydrogen-bond donors (Lipinski definition) is 1. The van der Waals surface area contributed by atoms with Gasteiger partial charge in [-0.05, 0) is 18.2 Å². The Morgan fingerprint density at radius 1 is 1.29 bits per heavy atom. The van der Waals surface area contributed by atoms with E-state index in [0.717, 1.165) is 29.4 Å². The van der Waals surface area contributed by atoms with E-state index in [2.05, 4.69) is 9.97 Å². The molecule has 3 nitrogen and oxygen atoms in total. The average molecular weight is 332 g/mol. The van der Waals surface area contributed by atoms with Gasteiger partial charge >= 0.3 is 6.18 Å². The second kappa shape index (κ2) is 5.57. The van der Waals surface area contributed by atoms with Crippen LogP contribution in [-0.4, -0.2) is 27.2 Å². The van der Waals surface area contributed by atoms with Crippen LogP contribution in [0.1, 0.15) is 16.6 Å². The Morgan fingerprint density at radius 2 is 2.10 bits per heavy atom. The van der Waals surface area contributed by atoms with Crippen molar-refractivity contribution in [3.05, 3.63) is 39.9 Å². The molecule has 0 aliphatic carbocycles. The van der Waals surface area contributed by atoms with Crippen molar-refractivity contribution in [2.75, 3.05) is 17.3 Å². The summed E-state index contributed by atoms with van der Waals surface area (Å²) in [6.07, 6.45) is -4.44. The number of benzene rings is 1. The van der Waals surface area contributed by atoms with Crippen LogP contribution < -0.4 is 5.56 Å². The number of aromatic amines is 1. The SMILES string of the molecule is O=c1[nH]c([C@H]2CSCCS2)nc2cc(C(F)(F)F)ccc12. The van der Waals surface area contributed by atoms with Crippen molar-refractivity contribution in [2.45, 2.75) is 11.4 Å². The zero-order valence-electron chi connectivity index (χ0n) is 10.7. The third-order valence-corrected chi connectivity index (χ3v) is 5.94. The molecule has 1 fully saturated rings. The molecule has 1 aliphatic rings. The van der Waals surface area contributed by atoms with Crippen molar-refractivity contribution in [1.82, 2.24) is 9.97 Å². The van der Waals surface area contributed by atoms with Gasteiger partial charge in [0.2, 0.25) is 0 Å². The molecule has 0 spiro atoms. The molecule has 1 aromatic heterocycles. The second-order valence-corrected chi connectivity index (χ2v) is 7.08. The van der Waals surface area contributed by atoms with E-state index in [1.807, 2.05) is 0 Å². The van der Waals surface area contributed by atoms with Crippen LogP contribution in [-0.2, 0) is 6.18 Å². The van der Waals surface area contributed by atoms with E-state index < -0.39 is 11.7 Å². The first kappa shape index (κ1) is 14.8. The van der Waals surface area contributed by atoms with Gasteiger partial charge in [-0.1, -0.05) is 0 Å². The topological polar surface area (TPSA) is 45.8 Å². The van der Waals surface area contributed by atoms with Crippen LogP contribution in [0, 0.1) is 0 Å². The lowest BCUT2D eigenvalue weighted by Crippen LogP contribution is -2.17. The van der Waals surface area contributed by atoms with Gasteiger partial charge in [0, 0.05) is 17.3 Å². The van der Waals surface area contributed by atoms with Crippen molar-refractivity contribution >= 4 is 34.4 Å². The van der Waals surface area contributed by atoms with E-state index in [0.29, 0.717) is 5.82 Å². The van der Waals surface area contributed by atoms with E-state index in [-0.39, 0.29) is 21.7 Å². The highest BCUT2D eigenvalue weighted by Crippen LogP contribution is 2.35. The predicted octanol–water partition coefficient (Wildman–Crippen LogP) is 3.46. The number of nitrogens with zero attached hydrogens (tertiary/aromatic N) is 1. The smallest absolute Gasteiger partial charge is 0.309 e. The molecule has 1 aliphatic heterocycles. The molecule has 112 valence electrons. The lowest BCUT2D eigenvalue weighted by Gasteiger charge is -2.20. The van der Waals surface area contributed by atoms with Crippen LogP contribution in [0.2, 0.25) is 0 Å². The molecule has 2 aromatic rings. The predicted molar refractivity (Wildman–Crippen MR) is 79.9 cm³/mol. The standard InChI is InChI=1S/C13H11F3N2OS2/c14-13(15,16)7-1-2-8-9(5-7)17-11(18-12(8)19)10-6-20-3-4-21-10/h1-2,5,10H,3-4,6H2,(H,17,18,19)/t10-/m1/s1. The fourth-order valence-corrected chi connectivity index (χ4v) is 4.75. The molecule has 1 atom stereocenters. The molecule has 8 heteroatoms. The summed E-state index contributed by atoms with van der Waals surface area (Å²) < 4.78 is 38.3. The first-order valence-electron chi connectivity index (χ1n) is 6.25. The first-order chi connectivity index (χ1) is 9.95. The van der Waals surface area contributed by atoms with E-state index in [1.54, 1.807) is 23.5 Å². The van der Waals surface area contributed by atoms with Crippen molar-refractivity contribution in [2.24, 2.45) is 0 Å². The molecule has 1 aromatic carbocycles. The van der Waals surface area contributed by atoms with E-state index in [9.17, 15) is 18.0 Å². The fraction of sp³-hybridized carbons (Fsp3) is 0.385. The summed E-state index contributed by atoms with van der Waals surface area (Å²) in [7, 11) is 0. The number of alkyl halides is 3. The quantitative estimate of drug-likeness (QED) is 0.869. The minimum atomic E-state index is -4.44. The Hall–Kier alpha value is -1.15. The van der Waals surface area contributed by atoms with E-state index in [4.69, 9.17) is 0 Å². The van der Waals surface area contributed by atoms with Gasteiger partial charge in [-0.2, -0.15) is 24.9 Å². The number of rotatable bonds is 1. The third-order valence-electron chi connectivity index (χ3n) is 3.17. The summed E-state index contributed by atoms with van der Waals surface area (Å²) in [5.74, 6) is 3.25. The molecule has 2 heterocycles. The highest BCUT2D eigenvalue weighted by molar-refractivity contribution is 8.06. The molecule has 0 radical (unpaired) electrons. The Kier molecular flexibility index (Phi) is 3.92. The number of nitrogens with one attached hydrogen (secondary N) is 1. The molecule has 21 heavy (non-hydrogen) atoms. The van der Waals surface area contributed by atoms with Crippen LogP contribution in [0.4, 0.5) is 13.2 Å². The number of halogens is 3. The number of hydrogen-bond acceptors (Lipinski definition) is 4. The van der Waals surface area contributed by atoms with Crippen LogP contribution >= 0.6 is 23.5 Å². The fourth-order valence-electron chi connectivity index (χ4n) is 2.13. The van der Waals surface area contributed by atoms with Gasteiger partial charge in [-0.15, -0.1) is 11.8 Å². The summed E-state index contributed by atoms with van der Waals surface area (Å²) in [6, 6.07) is 3.02. The highest BCUT2D eigenvalue weighted by atomic mass is 32.2. The first-order valence-corrected chi connectivity index (χ1v) is 8.46. The summed E-state index contributed by atoms with van der Waals surface area (Å²) in [5.41, 5.74) is -1.08. The number of fused-ring (bicyclic) bond motifs is 1. The maximum absolute atomic E-state index is 12.8. The van der Waals surface area contributed by atoms with Gasteiger partial charge < -0.3 is 4.98 Å². The molecule has 3 rings (SSSR count). The Balaban J connectivity index is 2.10. The van der Waals surface area contributed by atoms with Crippen molar-refractivity contribution in [3.8, 4) is 0 Å². The highest BCUT2D eigenvalue weighted by Gasteiger charge is 2.31. The lowest BCUT2D eigenvalue weighted by molar-refractivity contribution is -0.137. The largest absolute Gasteiger partial charge is 0.416 e. The van der Waals surface area contributed by atoms with Crippen LogP contribution in [0.15, 0.2) is 23.0 Å². The molecule has 0 amide bonds. The van der Waals surface area contributed by atoms with E-state index in [1.165, 1.54) is 6.07 Å². The van der Waals surface area contributed by atoms with Crippen molar-refractivity contribution < 1.29 is 13.2 Å². The molecular weight excluding hydrogens is 321 g/mol. The average Bonchev–Trinajstić information content (AvgIpc) is 2.46. The normalized spacial score (nSPS) is 19.9. The molecule has 0 unspecified atom stereocenters. The minimum absolute atomic E-state index is 0.0235. The minimum Gasteiger partial charge on any atom is -0.309 e. The van der Waals surface area contributed by atoms with E-state index >= 15 is 0 Å². The third kappa shape index (κ3) is 3.06. The molecular formula is C13H11F3N2OS2. The number of aromatic nitrogens is 2. The van der Waals surface area contributed by atoms with Gasteiger partial charge in [0.15, 0.2) is 0 Å². The van der Waals surface area contributed by atoms with Crippen LogP contribution in [0.25, 0.3) is 10.9 Å². The van der Waals surface area contributed by atoms with Gasteiger partial charge in [-0.3, -0.25) is 4.79 Å². The Morgan fingerprint density at radius 3 is 2.76 bits per heavy atom. The van der Waals surface area contributed by atoms with Crippen LogP contribution in [0.5, 0.6) is 0 Å². The van der Waals surface area contributed by atoms with Crippen molar-refractivity contribution in [3.63, 3.8) is 0 Å². The van der Waals surface area contributed by atoms with Gasteiger partial charge in [-0.25, -0.2) is 4.98 Å². The summed E-state index contributed by atoms with van der Waals surface area (Å²) in [5, 5.41) is 0.204. The lowest BCUT2D eigenvalue weighted by atomic mass is 10.1. The maximum Gasteiger partial charge on any atom is 0.416 e. The zero-order chi connectivity index (χ0) is 15.0. The summed E-state index contributed by atoms with van der Waals surface area (Å²) in [6.45, 7) is 0. The molecule has 0 bridgehead atoms. The second-order valence-electron chi connectivity index (χ2n) is 4.62. The summed E-state index contributed by atoms with van der Waals surface area (Å²) >= 11 is 3.42. The monoisotopic (exact) mass is 332 g/mol. The number of H-pyrrole nitrogens is 1. The molecule has 1 N–H and O–H groups in total. The summed E-state index contributed by atoms with van der Waals surface area (Å²) in [4.78, 5) is 19.0. The number of thioether (sulfide) groups is 2. The van der Waals surface area contributed by atoms with Gasteiger partial charge in [0.25, 0.3) is 5.56 Å². The Labute approximate surface area is 126 Å². The van der Waals surface area contributed by atoms with Gasteiger partial charge in [0.1, 0.15) is 5.82 Å². The molecule has 0 saturated carbocycles. The van der Waals surface area contributed by atoms with Crippen molar-refractivity contribution in [1.29, 1.82) is 0 Å².